The highest BCUT2D eigenvalue weighted by molar-refractivity contribution is 14.0. The summed E-state index contributed by atoms with van der Waals surface area (Å²) in [4.78, 5) is 13.5. The lowest BCUT2D eigenvalue weighted by Crippen LogP contribution is -2.48. The Morgan fingerprint density at radius 3 is 2.77 bits per heavy atom. The van der Waals surface area contributed by atoms with Gasteiger partial charge in [0.1, 0.15) is 5.01 Å². The maximum atomic E-state index is 5.75. The molecule has 0 aliphatic carbocycles. The molecule has 6 nitrogen and oxygen atoms in total. The van der Waals surface area contributed by atoms with Crippen LogP contribution in [-0.4, -0.2) is 54.7 Å². The van der Waals surface area contributed by atoms with Crippen LogP contribution in [0.25, 0.3) is 0 Å². The van der Waals surface area contributed by atoms with Gasteiger partial charge in [-0.25, -0.2) is 9.98 Å². The summed E-state index contributed by atoms with van der Waals surface area (Å²) in [5, 5.41) is 12.3. The third kappa shape index (κ3) is 7.96. The molecule has 174 valence electrons. The second-order valence-electron chi connectivity index (χ2n) is 8.66. The molecule has 3 rings (SSSR count). The van der Waals surface area contributed by atoms with Gasteiger partial charge in [-0.3, -0.25) is 4.90 Å². The van der Waals surface area contributed by atoms with Crippen LogP contribution >= 0.6 is 46.7 Å². The summed E-state index contributed by atoms with van der Waals surface area (Å²) in [5.74, 6) is 0.841. The Balaban J connectivity index is 0.00000341. The van der Waals surface area contributed by atoms with Crippen LogP contribution in [0, 0.1) is 0 Å². The molecule has 31 heavy (non-hydrogen) atoms. The van der Waals surface area contributed by atoms with Crippen molar-refractivity contribution in [2.45, 2.75) is 58.7 Å². The van der Waals surface area contributed by atoms with Crippen molar-refractivity contribution in [3.63, 3.8) is 0 Å². The molecule has 0 radical (unpaired) electrons. The molecule has 9 heteroatoms. The number of aromatic nitrogens is 1. The monoisotopic (exact) mass is 577 g/mol. The van der Waals surface area contributed by atoms with Gasteiger partial charge in [-0.15, -0.1) is 46.7 Å². The van der Waals surface area contributed by atoms with E-state index in [0.717, 1.165) is 49.4 Å². The number of morpholine rings is 1. The number of halogens is 1. The van der Waals surface area contributed by atoms with Gasteiger partial charge in [0.2, 0.25) is 0 Å². The molecule has 0 amide bonds. The van der Waals surface area contributed by atoms with E-state index in [-0.39, 0.29) is 35.5 Å². The smallest absolute Gasteiger partial charge is 0.191 e. The molecule has 2 aromatic rings. The van der Waals surface area contributed by atoms with Gasteiger partial charge >= 0.3 is 0 Å². The SMILES string of the molecule is CCNC(=NCc1nc(C(C)(C)C)cs1)NCC(c1cccs1)N1CCOC(C)C1.I. The highest BCUT2D eigenvalue weighted by Gasteiger charge is 2.26. The van der Waals surface area contributed by atoms with Crippen molar-refractivity contribution in [2.24, 2.45) is 4.99 Å². The third-order valence-corrected chi connectivity index (χ3v) is 6.89. The lowest BCUT2D eigenvalue weighted by Gasteiger charge is -2.37. The summed E-state index contributed by atoms with van der Waals surface area (Å²) in [6.45, 7) is 15.7. The number of guanidine groups is 1. The van der Waals surface area contributed by atoms with Gasteiger partial charge in [0, 0.05) is 41.9 Å². The standard InChI is InChI=1S/C22H35N5OS2.HI/c1-6-23-21(25-13-20-26-19(15-30-20)22(3,4)5)24-12-17(18-8-7-11-29-18)27-9-10-28-16(2)14-27;/h7-8,11,15-17H,6,9-10,12-14H2,1-5H3,(H2,23,24,25);1H. The highest BCUT2D eigenvalue weighted by atomic mass is 127. The Labute approximate surface area is 211 Å². The molecule has 2 N–H and O–H groups in total. The minimum Gasteiger partial charge on any atom is -0.376 e. The van der Waals surface area contributed by atoms with Crippen molar-refractivity contribution in [3.05, 3.63) is 38.5 Å². The number of rotatable bonds is 7. The second kappa shape index (κ2) is 12.5. The molecule has 0 spiro atoms. The molecule has 2 atom stereocenters. The van der Waals surface area contributed by atoms with E-state index in [4.69, 9.17) is 14.7 Å². The summed E-state index contributed by atoms with van der Waals surface area (Å²) in [6, 6.07) is 4.67. The average molecular weight is 578 g/mol. The van der Waals surface area contributed by atoms with Crippen molar-refractivity contribution in [1.29, 1.82) is 0 Å². The number of thiophene rings is 1. The highest BCUT2D eigenvalue weighted by Crippen LogP contribution is 2.27. The summed E-state index contributed by atoms with van der Waals surface area (Å²) in [5.41, 5.74) is 1.21. The molecule has 0 saturated carbocycles. The van der Waals surface area contributed by atoms with E-state index in [2.05, 4.69) is 73.0 Å². The zero-order chi connectivity index (χ0) is 21.6. The van der Waals surface area contributed by atoms with E-state index >= 15 is 0 Å². The van der Waals surface area contributed by atoms with Crippen LogP contribution in [0.4, 0.5) is 0 Å². The number of thiazole rings is 1. The normalized spacial score (nSPS) is 19.0. The third-order valence-electron chi connectivity index (χ3n) is 5.08. The zero-order valence-electron chi connectivity index (χ0n) is 19.2. The average Bonchev–Trinajstić information content (AvgIpc) is 3.38. The number of aliphatic imine (C=N–C) groups is 1. The first kappa shape index (κ1) is 26.5. The van der Waals surface area contributed by atoms with E-state index in [9.17, 15) is 0 Å². The van der Waals surface area contributed by atoms with Gasteiger partial charge in [-0.1, -0.05) is 26.8 Å². The molecular formula is C22H36IN5OS2. The molecule has 1 aliphatic rings. The summed E-state index contributed by atoms with van der Waals surface area (Å²) >= 11 is 3.50. The van der Waals surface area contributed by atoms with E-state index in [0.29, 0.717) is 12.6 Å². The number of nitrogens with zero attached hydrogens (tertiary/aromatic N) is 3. The van der Waals surface area contributed by atoms with Crippen LogP contribution in [-0.2, 0) is 16.7 Å². The fraction of sp³-hybridized carbons (Fsp3) is 0.636. The second-order valence-corrected chi connectivity index (χ2v) is 10.6. The van der Waals surface area contributed by atoms with Crippen LogP contribution in [0.2, 0.25) is 0 Å². The molecule has 2 aromatic heterocycles. The molecule has 3 heterocycles. The van der Waals surface area contributed by atoms with Gasteiger partial charge in [-0.2, -0.15) is 0 Å². The minimum atomic E-state index is 0. The van der Waals surface area contributed by atoms with Crippen LogP contribution in [0.15, 0.2) is 27.9 Å². The molecule has 1 fully saturated rings. The molecule has 0 bridgehead atoms. The van der Waals surface area contributed by atoms with Crippen molar-refractivity contribution in [1.82, 2.24) is 20.5 Å². The first-order valence-corrected chi connectivity index (χ1v) is 12.5. The summed E-state index contributed by atoms with van der Waals surface area (Å²) in [6.07, 6.45) is 0.269. The predicted octanol–water partition coefficient (Wildman–Crippen LogP) is 4.64. The van der Waals surface area contributed by atoms with E-state index in [1.165, 1.54) is 4.88 Å². The fourth-order valence-electron chi connectivity index (χ4n) is 3.43. The van der Waals surface area contributed by atoms with E-state index in [1.807, 2.05) is 11.3 Å². The number of hydrogen-bond donors (Lipinski definition) is 2. The largest absolute Gasteiger partial charge is 0.376 e. The van der Waals surface area contributed by atoms with Gasteiger partial charge in [0.15, 0.2) is 5.96 Å². The van der Waals surface area contributed by atoms with E-state index in [1.54, 1.807) is 11.3 Å². The van der Waals surface area contributed by atoms with Gasteiger partial charge in [0.25, 0.3) is 0 Å². The zero-order valence-corrected chi connectivity index (χ0v) is 23.1. The van der Waals surface area contributed by atoms with Crippen LogP contribution < -0.4 is 10.6 Å². The van der Waals surface area contributed by atoms with Gasteiger partial charge in [0.05, 0.1) is 31.0 Å². The Bertz CT molecular complexity index is 803. The Hall–Kier alpha value is -0.750. The number of nitrogens with one attached hydrogen (secondary N) is 2. The topological polar surface area (TPSA) is 61.8 Å². The fourth-order valence-corrected chi connectivity index (χ4v) is 5.23. The molecular weight excluding hydrogens is 541 g/mol. The lowest BCUT2D eigenvalue weighted by atomic mass is 9.93. The van der Waals surface area contributed by atoms with Gasteiger partial charge < -0.3 is 15.4 Å². The lowest BCUT2D eigenvalue weighted by molar-refractivity contribution is -0.0334. The first-order chi connectivity index (χ1) is 14.4. The summed E-state index contributed by atoms with van der Waals surface area (Å²) < 4.78 is 5.75. The molecule has 1 aliphatic heterocycles. The molecule has 0 aromatic carbocycles. The van der Waals surface area contributed by atoms with Crippen molar-refractivity contribution >= 4 is 52.6 Å². The number of hydrogen-bond acceptors (Lipinski definition) is 6. The molecule has 1 saturated heterocycles. The van der Waals surface area contributed by atoms with Gasteiger partial charge in [-0.05, 0) is 25.3 Å². The van der Waals surface area contributed by atoms with Crippen molar-refractivity contribution in [2.75, 3.05) is 32.8 Å². The number of ether oxygens (including phenoxy) is 1. The Kier molecular flexibility index (Phi) is 10.7. The Morgan fingerprint density at radius 2 is 2.16 bits per heavy atom. The minimum absolute atomic E-state index is 0. The molecule has 2 unspecified atom stereocenters. The Morgan fingerprint density at radius 1 is 1.35 bits per heavy atom. The maximum Gasteiger partial charge on any atom is 0.191 e. The summed E-state index contributed by atoms with van der Waals surface area (Å²) in [7, 11) is 0. The quantitative estimate of drug-likeness (QED) is 0.286. The van der Waals surface area contributed by atoms with Crippen molar-refractivity contribution in [3.8, 4) is 0 Å². The maximum absolute atomic E-state index is 5.75. The van der Waals surface area contributed by atoms with Crippen molar-refractivity contribution < 1.29 is 4.74 Å². The predicted molar refractivity (Wildman–Crippen MR) is 143 cm³/mol. The van der Waals surface area contributed by atoms with Crippen LogP contribution in [0.5, 0.6) is 0 Å². The van der Waals surface area contributed by atoms with E-state index < -0.39 is 0 Å². The first-order valence-electron chi connectivity index (χ1n) is 10.7. The van der Waals surface area contributed by atoms with Crippen LogP contribution in [0.1, 0.15) is 56.2 Å². The van der Waals surface area contributed by atoms with Crippen LogP contribution in [0.3, 0.4) is 0 Å².